The SMILES string of the molecule is COCCn1c(Cc2ccccc2)nnc1SCC(=O)Nc1sccc1C#N. The second kappa shape index (κ2) is 10.0. The molecule has 0 aliphatic carbocycles. The van der Waals surface area contributed by atoms with E-state index < -0.39 is 0 Å². The van der Waals surface area contributed by atoms with Crippen molar-refractivity contribution in [2.75, 3.05) is 24.8 Å². The van der Waals surface area contributed by atoms with Gasteiger partial charge >= 0.3 is 0 Å². The summed E-state index contributed by atoms with van der Waals surface area (Å²) in [6, 6.07) is 13.8. The molecule has 0 saturated heterocycles. The van der Waals surface area contributed by atoms with Crippen molar-refractivity contribution in [2.24, 2.45) is 0 Å². The second-order valence-corrected chi connectivity index (χ2v) is 7.68. The minimum atomic E-state index is -0.185. The maximum atomic E-state index is 12.3. The van der Waals surface area contributed by atoms with Crippen LogP contribution in [0.1, 0.15) is 17.0 Å². The van der Waals surface area contributed by atoms with Gasteiger partial charge in [0.2, 0.25) is 5.91 Å². The van der Waals surface area contributed by atoms with Gasteiger partial charge in [-0.1, -0.05) is 42.1 Å². The Balaban J connectivity index is 1.67. The fourth-order valence-electron chi connectivity index (χ4n) is 2.53. The molecule has 1 N–H and O–H groups in total. The molecule has 0 aliphatic rings. The number of benzene rings is 1. The Labute approximate surface area is 171 Å². The first kappa shape index (κ1) is 20.1. The number of nitriles is 1. The molecule has 0 bridgehead atoms. The summed E-state index contributed by atoms with van der Waals surface area (Å²) in [4.78, 5) is 12.3. The largest absolute Gasteiger partial charge is 0.383 e. The van der Waals surface area contributed by atoms with Crippen LogP contribution < -0.4 is 5.32 Å². The highest BCUT2D eigenvalue weighted by atomic mass is 32.2. The third-order valence-electron chi connectivity index (χ3n) is 3.89. The molecule has 2 aromatic heterocycles. The fraction of sp³-hybridized carbons (Fsp3) is 0.263. The van der Waals surface area contributed by atoms with E-state index in [2.05, 4.69) is 21.6 Å². The Kier molecular flexibility index (Phi) is 7.19. The van der Waals surface area contributed by atoms with Gasteiger partial charge in [-0.05, 0) is 17.0 Å². The zero-order chi connectivity index (χ0) is 19.8. The summed E-state index contributed by atoms with van der Waals surface area (Å²) in [5.74, 6) is 0.824. The molecular weight excluding hydrogens is 394 g/mol. The molecule has 0 aliphatic heterocycles. The maximum Gasteiger partial charge on any atom is 0.235 e. The molecule has 0 saturated carbocycles. The molecule has 2 heterocycles. The average molecular weight is 414 g/mol. The number of hydrogen-bond acceptors (Lipinski definition) is 7. The molecule has 1 aromatic carbocycles. The highest BCUT2D eigenvalue weighted by Gasteiger charge is 2.15. The Morgan fingerprint density at radius 3 is 2.89 bits per heavy atom. The van der Waals surface area contributed by atoms with Crippen LogP contribution in [-0.4, -0.2) is 40.1 Å². The lowest BCUT2D eigenvalue weighted by Gasteiger charge is -2.10. The van der Waals surface area contributed by atoms with Gasteiger partial charge in [-0.3, -0.25) is 4.79 Å². The Morgan fingerprint density at radius 1 is 1.32 bits per heavy atom. The third kappa shape index (κ3) is 5.19. The molecule has 144 valence electrons. The predicted octanol–water partition coefficient (Wildman–Crippen LogP) is 3.18. The minimum Gasteiger partial charge on any atom is -0.383 e. The molecule has 1 amide bonds. The van der Waals surface area contributed by atoms with Crippen LogP contribution in [0.15, 0.2) is 46.9 Å². The van der Waals surface area contributed by atoms with Crippen molar-refractivity contribution < 1.29 is 9.53 Å². The summed E-state index contributed by atoms with van der Waals surface area (Å²) < 4.78 is 7.19. The maximum absolute atomic E-state index is 12.3. The van der Waals surface area contributed by atoms with E-state index in [4.69, 9.17) is 10.00 Å². The van der Waals surface area contributed by atoms with Crippen molar-refractivity contribution >= 4 is 34.0 Å². The van der Waals surface area contributed by atoms with Crippen LogP contribution in [0, 0.1) is 11.3 Å². The van der Waals surface area contributed by atoms with Crippen molar-refractivity contribution in [1.82, 2.24) is 14.8 Å². The van der Waals surface area contributed by atoms with Crippen molar-refractivity contribution in [2.45, 2.75) is 18.1 Å². The standard InChI is InChI=1S/C19H19N5O2S2/c1-26-9-8-24-16(11-14-5-3-2-4-6-14)22-23-19(24)28-13-17(25)21-18-15(12-20)7-10-27-18/h2-7,10H,8-9,11,13H2,1H3,(H,21,25). The number of nitrogens with one attached hydrogen (secondary N) is 1. The van der Waals surface area contributed by atoms with Gasteiger partial charge in [0.25, 0.3) is 0 Å². The topological polar surface area (TPSA) is 92.8 Å². The van der Waals surface area contributed by atoms with E-state index in [1.807, 2.05) is 34.9 Å². The van der Waals surface area contributed by atoms with E-state index in [1.54, 1.807) is 18.6 Å². The minimum absolute atomic E-state index is 0.180. The van der Waals surface area contributed by atoms with Crippen LogP contribution in [0.2, 0.25) is 0 Å². The summed E-state index contributed by atoms with van der Waals surface area (Å²) in [5.41, 5.74) is 1.61. The summed E-state index contributed by atoms with van der Waals surface area (Å²) in [6.07, 6.45) is 0.658. The number of ether oxygens (including phenoxy) is 1. The van der Waals surface area contributed by atoms with Crippen molar-refractivity contribution in [3.63, 3.8) is 0 Å². The lowest BCUT2D eigenvalue weighted by molar-refractivity contribution is -0.113. The summed E-state index contributed by atoms with van der Waals surface area (Å²) >= 11 is 2.65. The van der Waals surface area contributed by atoms with E-state index >= 15 is 0 Å². The summed E-state index contributed by atoms with van der Waals surface area (Å²) in [6.45, 7) is 1.14. The van der Waals surface area contributed by atoms with E-state index in [0.29, 0.717) is 35.3 Å². The van der Waals surface area contributed by atoms with Gasteiger partial charge in [-0.15, -0.1) is 21.5 Å². The zero-order valence-electron chi connectivity index (χ0n) is 15.3. The van der Waals surface area contributed by atoms with Gasteiger partial charge < -0.3 is 14.6 Å². The van der Waals surface area contributed by atoms with E-state index in [0.717, 1.165) is 11.4 Å². The number of nitrogens with zero attached hydrogens (tertiary/aromatic N) is 4. The number of rotatable bonds is 9. The lowest BCUT2D eigenvalue weighted by atomic mass is 10.1. The van der Waals surface area contributed by atoms with Crippen molar-refractivity contribution in [3.05, 3.63) is 58.7 Å². The molecule has 0 spiro atoms. The first-order valence-corrected chi connectivity index (χ1v) is 10.4. The Morgan fingerprint density at radius 2 is 2.14 bits per heavy atom. The van der Waals surface area contributed by atoms with Crippen molar-refractivity contribution in [3.8, 4) is 6.07 Å². The number of anilines is 1. The number of thioether (sulfide) groups is 1. The molecule has 7 nitrogen and oxygen atoms in total. The van der Waals surface area contributed by atoms with Gasteiger partial charge in [0, 0.05) is 20.1 Å². The fourth-order valence-corrected chi connectivity index (χ4v) is 4.07. The molecular formula is C19H19N5O2S2. The number of amides is 1. The average Bonchev–Trinajstić information content (AvgIpc) is 3.32. The second-order valence-electron chi connectivity index (χ2n) is 5.82. The molecule has 0 unspecified atom stereocenters. The number of methoxy groups -OCH3 is 1. The normalized spacial score (nSPS) is 10.6. The molecule has 0 fully saturated rings. The smallest absolute Gasteiger partial charge is 0.235 e. The van der Waals surface area contributed by atoms with Crippen LogP contribution in [0.4, 0.5) is 5.00 Å². The monoisotopic (exact) mass is 413 g/mol. The third-order valence-corrected chi connectivity index (χ3v) is 5.69. The molecule has 9 heteroatoms. The zero-order valence-corrected chi connectivity index (χ0v) is 16.9. The Hall–Kier alpha value is -2.67. The molecule has 3 rings (SSSR count). The lowest BCUT2D eigenvalue weighted by Crippen LogP contribution is -2.15. The first-order valence-electron chi connectivity index (χ1n) is 8.56. The predicted molar refractivity (Wildman–Crippen MR) is 110 cm³/mol. The Bertz CT molecular complexity index is 962. The van der Waals surface area contributed by atoms with Gasteiger partial charge in [0.1, 0.15) is 16.9 Å². The van der Waals surface area contributed by atoms with Crippen LogP contribution >= 0.6 is 23.1 Å². The molecule has 3 aromatic rings. The van der Waals surface area contributed by atoms with Crippen LogP contribution in [0.3, 0.4) is 0 Å². The highest BCUT2D eigenvalue weighted by Crippen LogP contribution is 2.23. The van der Waals surface area contributed by atoms with Gasteiger partial charge in [-0.2, -0.15) is 5.26 Å². The van der Waals surface area contributed by atoms with Crippen molar-refractivity contribution in [1.29, 1.82) is 5.26 Å². The number of carbonyl (C=O) groups is 1. The van der Waals surface area contributed by atoms with E-state index in [1.165, 1.54) is 23.1 Å². The summed E-state index contributed by atoms with van der Waals surface area (Å²) in [5, 5.41) is 23.4. The molecule has 0 atom stereocenters. The van der Waals surface area contributed by atoms with E-state index in [9.17, 15) is 4.79 Å². The molecule has 0 radical (unpaired) electrons. The number of aromatic nitrogens is 3. The number of carbonyl (C=O) groups excluding carboxylic acids is 1. The highest BCUT2D eigenvalue weighted by molar-refractivity contribution is 7.99. The quantitative estimate of drug-likeness (QED) is 0.542. The first-order chi connectivity index (χ1) is 13.7. The van der Waals surface area contributed by atoms with Crippen LogP contribution in [0.5, 0.6) is 0 Å². The number of thiophene rings is 1. The summed E-state index contributed by atoms with van der Waals surface area (Å²) in [7, 11) is 1.65. The van der Waals surface area contributed by atoms with E-state index in [-0.39, 0.29) is 11.7 Å². The number of hydrogen-bond donors (Lipinski definition) is 1. The van der Waals surface area contributed by atoms with Gasteiger partial charge in [-0.25, -0.2) is 0 Å². The van der Waals surface area contributed by atoms with Gasteiger partial charge in [0.05, 0.1) is 17.9 Å². The van der Waals surface area contributed by atoms with Gasteiger partial charge in [0.15, 0.2) is 5.16 Å². The van der Waals surface area contributed by atoms with Crippen LogP contribution in [-0.2, 0) is 22.5 Å². The molecule has 28 heavy (non-hydrogen) atoms. The van der Waals surface area contributed by atoms with Crippen LogP contribution in [0.25, 0.3) is 0 Å².